The monoisotopic (exact) mass is 506 g/mol. The zero-order valence-corrected chi connectivity index (χ0v) is 19.4. The number of nitrogens with one attached hydrogen (secondary N) is 2. The number of benzene rings is 3. The van der Waals surface area contributed by atoms with Gasteiger partial charge in [-0.05, 0) is 65.4 Å². The topological polar surface area (TPSA) is 143 Å². The van der Waals surface area contributed by atoms with Crippen molar-refractivity contribution < 1.29 is 22.7 Å². The summed E-state index contributed by atoms with van der Waals surface area (Å²) in [5, 5.41) is 22.6. The Labute approximate surface area is 204 Å². The lowest BCUT2D eigenvalue weighted by molar-refractivity contribution is -0.138. The second-order valence-corrected chi connectivity index (χ2v) is 9.69. The summed E-state index contributed by atoms with van der Waals surface area (Å²) in [4.78, 5) is 16.0. The molecule has 5 rings (SSSR count). The Morgan fingerprint density at radius 1 is 1.06 bits per heavy atom. The number of sulfonamides is 1. The van der Waals surface area contributed by atoms with Gasteiger partial charge in [0, 0.05) is 29.1 Å². The van der Waals surface area contributed by atoms with Crippen LogP contribution in [0.25, 0.3) is 28.0 Å². The highest BCUT2D eigenvalue weighted by Gasteiger charge is 2.26. The number of nitrogens with zero attached hydrogens (tertiary/aromatic N) is 4. The standard InChI is InChI=1S/C24H19FN6O4S/c25-17-7-9-18(10-8-17)31-28-23(27-30-31)15-5-11-19(12-6-15)36(34,35)29-22(24(32)33)13-16-14-26-21-4-2-1-3-20(16)21/h1-12,14,22,26,29H,13H2,(H,32,33). The molecule has 3 aromatic carbocycles. The molecule has 10 nitrogen and oxygen atoms in total. The smallest absolute Gasteiger partial charge is 0.322 e. The van der Waals surface area contributed by atoms with Crippen molar-refractivity contribution in [3.05, 3.63) is 90.4 Å². The van der Waals surface area contributed by atoms with Gasteiger partial charge in [0.2, 0.25) is 15.8 Å². The first kappa shape index (κ1) is 23.3. The summed E-state index contributed by atoms with van der Waals surface area (Å²) in [6.45, 7) is 0. The molecule has 2 aromatic heterocycles. The number of rotatable bonds is 8. The summed E-state index contributed by atoms with van der Waals surface area (Å²) in [7, 11) is -4.14. The van der Waals surface area contributed by atoms with E-state index >= 15 is 0 Å². The number of carbonyl (C=O) groups is 1. The van der Waals surface area contributed by atoms with Gasteiger partial charge in [-0.15, -0.1) is 15.0 Å². The van der Waals surface area contributed by atoms with Crippen molar-refractivity contribution in [3.8, 4) is 17.1 Å². The zero-order valence-electron chi connectivity index (χ0n) is 18.5. The van der Waals surface area contributed by atoms with Gasteiger partial charge in [0.1, 0.15) is 11.9 Å². The summed E-state index contributed by atoms with van der Waals surface area (Å²) in [6.07, 6.45) is 1.64. The molecule has 36 heavy (non-hydrogen) atoms. The van der Waals surface area contributed by atoms with Crippen LogP contribution >= 0.6 is 0 Å². The number of carboxylic acid groups (broad SMARTS) is 1. The van der Waals surface area contributed by atoms with Crippen LogP contribution in [0, 0.1) is 5.82 Å². The van der Waals surface area contributed by atoms with Gasteiger partial charge in [-0.1, -0.05) is 18.2 Å². The number of fused-ring (bicyclic) bond motifs is 1. The van der Waals surface area contributed by atoms with Crippen LogP contribution in [0.2, 0.25) is 0 Å². The fraction of sp³-hybridized carbons (Fsp3) is 0.0833. The molecule has 0 aliphatic heterocycles. The van der Waals surface area contributed by atoms with E-state index in [4.69, 9.17) is 0 Å². The molecule has 2 heterocycles. The lowest BCUT2D eigenvalue weighted by Gasteiger charge is -2.15. The van der Waals surface area contributed by atoms with E-state index in [1.165, 1.54) is 53.3 Å². The first-order valence-electron chi connectivity index (χ1n) is 10.8. The summed E-state index contributed by atoms with van der Waals surface area (Å²) in [6, 6.07) is 17.2. The number of hydrogen-bond donors (Lipinski definition) is 3. The van der Waals surface area contributed by atoms with Gasteiger partial charge in [0.25, 0.3) is 0 Å². The fourth-order valence-corrected chi connectivity index (χ4v) is 4.94. The number of H-pyrrole nitrogens is 1. The van der Waals surface area contributed by atoms with Crippen LogP contribution in [0.15, 0.2) is 83.9 Å². The Hall–Kier alpha value is -4.42. The molecule has 1 unspecified atom stereocenters. The van der Waals surface area contributed by atoms with Crippen molar-refractivity contribution >= 4 is 26.9 Å². The average Bonchev–Trinajstić information content (AvgIpc) is 3.52. The van der Waals surface area contributed by atoms with Gasteiger partial charge in [0.05, 0.1) is 10.6 Å². The number of tetrazole rings is 1. The van der Waals surface area contributed by atoms with Crippen LogP contribution in [-0.2, 0) is 21.2 Å². The quantitative estimate of drug-likeness (QED) is 0.294. The van der Waals surface area contributed by atoms with Gasteiger partial charge >= 0.3 is 5.97 Å². The van der Waals surface area contributed by atoms with Crippen molar-refractivity contribution in [1.29, 1.82) is 0 Å². The number of aliphatic carboxylic acids is 1. The Balaban J connectivity index is 1.33. The number of carboxylic acids is 1. The van der Waals surface area contributed by atoms with Crippen molar-refractivity contribution in [2.24, 2.45) is 0 Å². The molecule has 182 valence electrons. The van der Waals surface area contributed by atoms with E-state index in [-0.39, 0.29) is 17.1 Å². The summed E-state index contributed by atoms with van der Waals surface area (Å²) >= 11 is 0. The summed E-state index contributed by atoms with van der Waals surface area (Å²) in [5.41, 5.74) is 2.52. The Kier molecular flexibility index (Phi) is 6.04. The third kappa shape index (κ3) is 4.72. The molecular weight excluding hydrogens is 487 g/mol. The van der Waals surface area contributed by atoms with Crippen molar-refractivity contribution in [2.45, 2.75) is 17.4 Å². The second kappa shape index (κ2) is 9.32. The van der Waals surface area contributed by atoms with E-state index in [9.17, 15) is 22.7 Å². The third-order valence-electron chi connectivity index (χ3n) is 5.59. The first-order valence-corrected chi connectivity index (χ1v) is 12.2. The lowest BCUT2D eigenvalue weighted by atomic mass is 10.1. The summed E-state index contributed by atoms with van der Waals surface area (Å²) < 4.78 is 41.3. The highest BCUT2D eigenvalue weighted by molar-refractivity contribution is 7.89. The SMILES string of the molecule is O=C(O)C(Cc1c[nH]c2ccccc12)NS(=O)(=O)c1ccc(-c2nnn(-c3ccc(F)cc3)n2)cc1. The second-order valence-electron chi connectivity index (χ2n) is 7.98. The Morgan fingerprint density at radius 3 is 2.50 bits per heavy atom. The Morgan fingerprint density at radius 2 is 1.78 bits per heavy atom. The van der Waals surface area contributed by atoms with Crippen molar-refractivity contribution in [3.63, 3.8) is 0 Å². The van der Waals surface area contributed by atoms with Crippen molar-refractivity contribution in [1.82, 2.24) is 29.9 Å². The highest BCUT2D eigenvalue weighted by atomic mass is 32.2. The van der Waals surface area contributed by atoms with Crippen LogP contribution < -0.4 is 4.72 Å². The molecule has 12 heteroatoms. The maximum Gasteiger partial charge on any atom is 0.322 e. The number of para-hydroxylation sites is 1. The molecule has 0 fully saturated rings. The molecule has 0 saturated carbocycles. The zero-order chi connectivity index (χ0) is 25.3. The van der Waals surface area contributed by atoms with Crippen LogP contribution in [0.4, 0.5) is 4.39 Å². The predicted octanol–water partition coefficient (Wildman–Crippen LogP) is 2.92. The average molecular weight is 507 g/mol. The van der Waals surface area contributed by atoms with E-state index in [0.717, 1.165) is 10.9 Å². The highest BCUT2D eigenvalue weighted by Crippen LogP contribution is 2.21. The minimum absolute atomic E-state index is 0.0347. The molecule has 0 amide bonds. The molecule has 0 aliphatic rings. The van der Waals surface area contributed by atoms with E-state index in [1.807, 2.05) is 24.3 Å². The van der Waals surface area contributed by atoms with E-state index in [0.29, 0.717) is 16.8 Å². The van der Waals surface area contributed by atoms with Gasteiger partial charge in [-0.25, -0.2) is 12.8 Å². The lowest BCUT2D eigenvalue weighted by Crippen LogP contribution is -2.42. The molecule has 0 aliphatic carbocycles. The van der Waals surface area contributed by atoms with E-state index in [1.54, 1.807) is 6.20 Å². The molecular formula is C24H19FN6O4S. The molecule has 0 spiro atoms. The molecule has 1 atom stereocenters. The molecule has 3 N–H and O–H groups in total. The van der Waals surface area contributed by atoms with Gasteiger partial charge in [0.15, 0.2) is 0 Å². The number of aromatic nitrogens is 5. The normalized spacial score (nSPS) is 12.6. The van der Waals surface area contributed by atoms with Crippen LogP contribution in [0.1, 0.15) is 5.56 Å². The number of aromatic amines is 1. The van der Waals surface area contributed by atoms with Crippen LogP contribution in [-0.4, -0.2) is 50.7 Å². The maximum absolute atomic E-state index is 13.1. The third-order valence-corrected chi connectivity index (χ3v) is 7.08. The predicted molar refractivity (Wildman–Crippen MR) is 128 cm³/mol. The van der Waals surface area contributed by atoms with E-state index < -0.39 is 27.9 Å². The van der Waals surface area contributed by atoms with Crippen LogP contribution in [0.5, 0.6) is 0 Å². The number of hydrogen-bond acceptors (Lipinski definition) is 6. The molecule has 0 radical (unpaired) electrons. The Bertz CT molecular complexity index is 1650. The fourth-order valence-electron chi connectivity index (χ4n) is 3.75. The number of halogens is 1. The minimum Gasteiger partial charge on any atom is -0.480 e. The first-order chi connectivity index (χ1) is 17.3. The van der Waals surface area contributed by atoms with Gasteiger partial charge < -0.3 is 10.1 Å². The maximum atomic E-state index is 13.1. The summed E-state index contributed by atoms with van der Waals surface area (Å²) in [5.74, 6) is -1.45. The van der Waals surface area contributed by atoms with Gasteiger partial charge in [-0.3, -0.25) is 4.79 Å². The minimum atomic E-state index is -4.14. The van der Waals surface area contributed by atoms with Gasteiger partial charge in [-0.2, -0.15) is 4.72 Å². The largest absolute Gasteiger partial charge is 0.480 e. The van der Waals surface area contributed by atoms with Crippen molar-refractivity contribution in [2.75, 3.05) is 0 Å². The molecule has 0 bridgehead atoms. The molecule has 0 saturated heterocycles. The van der Waals surface area contributed by atoms with E-state index in [2.05, 4.69) is 25.1 Å². The molecule has 5 aromatic rings. The van der Waals surface area contributed by atoms with Crippen LogP contribution in [0.3, 0.4) is 0 Å².